The third-order valence-corrected chi connectivity index (χ3v) is 3.64. The van der Waals surface area contributed by atoms with E-state index in [1.54, 1.807) is 4.90 Å². The molecule has 5 heteroatoms. The zero-order valence-electron chi connectivity index (χ0n) is 12.6. The molecule has 1 aliphatic rings. The molecule has 2 unspecified atom stereocenters. The second-order valence-electron chi connectivity index (χ2n) is 5.44. The minimum atomic E-state index is -0.275. The van der Waals surface area contributed by atoms with Crippen molar-refractivity contribution in [2.75, 3.05) is 26.4 Å². The van der Waals surface area contributed by atoms with E-state index in [0.717, 1.165) is 5.75 Å². The maximum atomic E-state index is 12.2. The van der Waals surface area contributed by atoms with Crippen LogP contribution >= 0.6 is 0 Å². The van der Waals surface area contributed by atoms with Gasteiger partial charge in [-0.2, -0.15) is 0 Å². The van der Waals surface area contributed by atoms with E-state index in [9.17, 15) is 4.79 Å². The minimum absolute atomic E-state index is 0.0383. The average molecular weight is 293 g/mol. The van der Waals surface area contributed by atoms with Crippen molar-refractivity contribution in [2.24, 2.45) is 0 Å². The fourth-order valence-corrected chi connectivity index (χ4v) is 2.31. The molecule has 1 heterocycles. The van der Waals surface area contributed by atoms with Crippen LogP contribution in [0.5, 0.6) is 5.75 Å². The van der Waals surface area contributed by atoms with Gasteiger partial charge in [-0.1, -0.05) is 17.7 Å². The predicted molar refractivity (Wildman–Crippen MR) is 79.3 cm³/mol. The van der Waals surface area contributed by atoms with Crippen molar-refractivity contribution in [2.45, 2.75) is 32.4 Å². The Morgan fingerprint density at radius 2 is 2.14 bits per heavy atom. The first-order valence-corrected chi connectivity index (χ1v) is 7.31. The largest absolute Gasteiger partial charge is 0.493 e. The molecular weight excluding hydrogens is 270 g/mol. The Balaban J connectivity index is 1.79. The molecule has 0 aromatic heterocycles. The van der Waals surface area contributed by atoms with E-state index < -0.39 is 0 Å². The van der Waals surface area contributed by atoms with Gasteiger partial charge in [0, 0.05) is 6.54 Å². The molecule has 1 aromatic carbocycles. The van der Waals surface area contributed by atoms with Crippen LogP contribution in [0.3, 0.4) is 0 Å². The molecule has 0 radical (unpaired) electrons. The van der Waals surface area contributed by atoms with Crippen LogP contribution in [-0.2, 0) is 9.53 Å². The highest BCUT2D eigenvalue weighted by molar-refractivity contribution is 5.76. The van der Waals surface area contributed by atoms with Crippen molar-refractivity contribution in [3.63, 3.8) is 0 Å². The smallest absolute Gasteiger partial charge is 0.226 e. The van der Waals surface area contributed by atoms with Crippen molar-refractivity contribution < 1.29 is 19.4 Å². The zero-order chi connectivity index (χ0) is 15.2. The summed E-state index contributed by atoms with van der Waals surface area (Å²) in [5.74, 6) is 0.813. The van der Waals surface area contributed by atoms with Crippen molar-refractivity contribution in [1.29, 1.82) is 0 Å². The van der Waals surface area contributed by atoms with Gasteiger partial charge in [0.1, 0.15) is 5.75 Å². The highest BCUT2D eigenvalue weighted by atomic mass is 16.5. The minimum Gasteiger partial charge on any atom is -0.493 e. The van der Waals surface area contributed by atoms with E-state index in [1.165, 1.54) is 5.56 Å². The first kappa shape index (κ1) is 15.8. The molecule has 2 atom stereocenters. The molecule has 0 aliphatic carbocycles. The average Bonchev–Trinajstić information content (AvgIpc) is 2.49. The second kappa shape index (κ2) is 7.43. The highest BCUT2D eigenvalue weighted by Crippen LogP contribution is 2.14. The number of morpholine rings is 1. The van der Waals surface area contributed by atoms with Crippen molar-refractivity contribution in [3.05, 3.63) is 29.8 Å². The number of amides is 1. The Kier molecular flexibility index (Phi) is 5.59. The molecule has 1 amide bonds. The second-order valence-corrected chi connectivity index (χ2v) is 5.44. The molecular formula is C16H23NO4. The van der Waals surface area contributed by atoms with E-state index in [-0.39, 0.29) is 24.7 Å². The van der Waals surface area contributed by atoms with E-state index in [2.05, 4.69) is 0 Å². The molecule has 0 saturated carbocycles. The number of aryl methyl sites for hydroxylation is 1. The molecule has 1 aliphatic heterocycles. The number of rotatable bonds is 5. The topological polar surface area (TPSA) is 59.0 Å². The molecule has 0 bridgehead atoms. The number of carbonyl (C=O) groups excluding carboxylic acids is 1. The summed E-state index contributed by atoms with van der Waals surface area (Å²) < 4.78 is 11.0. The molecule has 1 saturated heterocycles. The van der Waals surface area contributed by atoms with Crippen LogP contribution in [0.25, 0.3) is 0 Å². The molecule has 116 valence electrons. The van der Waals surface area contributed by atoms with Gasteiger partial charge in [-0.05, 0) is 26.0 Å². The lowest BCUT2D eigenvalue weighted by Gasteiger charge is -2.37. The van der Waals surface area contributed by atoms with Gasteiger partial charge in [0.25, 0.3) is 0 Å². The van der Waals surface area contributed by atoms with Gasteiger partial charge in [0.2, 0.25) is 5.91 Å². The quantitative estimate of drug-likeness (QED) is 0.891. The van der Waals surface area contributed by atoms with Crippen LogP contribution in [0.15, 0.2) is 24.3 Å². The number of hydrogen-bond donors (Lipinski definition) is 1. The summed E-state index contributed by atoms with van der Waals surface area (Å²) in [5, 5.41) is 9.14. The summed E-state index contributed by atoms with van der Waals surface area (Å²) in [5.41, 5.74) is 1.18. The van der Waals surface area contributed by atoms with Gasteiger partial charge < -0.3 is 19.5 Å². The lowest BCUT2D eigenvalue weighted by molar-refractivity contribution is -0.146. The Labute approximate surface area is 125 Å². The van der Waals surface area contributed by atoms with Gasteiger partial charge in [-0.15, -0.1) is 0 Å². The van der Waals surface area contributed by atoms with Crippen LogP contribution in [0, 0.1) is 6.92 Å². The summed E-state index contributed by atoms with van der Waals surface area (Å²) in [6, 6.07) is 7.80. The molecule has 2 rings (SSSR count). The van der Waals surface area contributed by atoms with E-state index in [1.807, 2.05) is 38.1 Å². The molecule has 1 N–H and O–H groups in total. The molecule has 21 heavy (non-hydrogen) atoms. The SMILES string of the molecule is Cc1ccc(OCCC(=O)N2CC(CO)OCC2C)cc1. The number of aliphatic hydroxyl groups excluding tert-OH is 1. The van der Waals surface area contributed by atoms with Crippen LogP contribution < -0.4 is 4.74 Å². The third-order valence-electron chi connectivity index (χ3n) is 3.64. The number of ether oxygens (including phenoxy) is 2. The number of aliphatic hydroxyl groups is 1. The summed E-state index contributed by atoms with van der Waals surface area (Å²) in [6.45, 7) is 5.18. The van der Waals surface area contributed by atoms with E-state index >= 15 is 0 Å². The van der Waals surface area contributed by atoms with Crippen LogP contribution in [-0.4, -0.2) is 54.4 Å². The summed E-state index contributed by atoms with van der Waals surface area (Å²) >= 11 is 0. The van der Waals surface area contributed by atoms with Gasteiger partial charge >= 0.3 is 0 Å². The van der Waals surface area contributed by atoms with E-state index in [0.29, 0.717) is 26.2 Å². The van der Waals surface area contributed by atoms with Gasteiger partial charge in [-0.3, -0.25) is 4.79 Å². The van der Waals surface area contributed by atoms with Crippen molar-refractivity contribution in [1.82, 2.24) is 4.90 Å². The molecule has 0 spiro atoms. The van der Waals surface area contributed by atoms with Crippen LogP contribution in [0.2, 0.25) is 0 Å². The molecule has 5 nitrogen and oxygen atoms in total. The summed E-state index contributed by atoms with van der Waals surface area (Å²) in [7, 11) is 0. The van der Waals surface area contributed by atoms with E-state index in [4.69, 9.17) is 14.6 Å². The fourth-order valence-electron chi connectivity index (χ4n) is 2.31. The first-order chi connectivity index (χ1) is 10.1. The van der Waals surface area contributed by atoms with Gasteiger partial charge in [-0.25, -0.2) is 0 Å². The fraction of sp³-hybridized carbons (Fsp3) is 0.562. The van der Waals surface area contributed by atoms with Crippen LogP contribution in [0.4, 0.5) is 0 Å². The normalized spacial score (nSPS) is 22.1. The zero-order valence-corrected chi connectivity index (χ0v) is 12.6. The van der Waals surface area contributed by atoms with Gasteiger partial charge in [0.05, 0.1) is 38.4 Å². The predicted octanol–water partition coefficient (Wildman–Crippen LogP) is 1.37. The lowest BCUT2D eigenvalue weighted by Crippen LogP contribution is -2.52. The Bertz CT molecular complexity index is 460. The number of nitrogens with zero attached hydrogens (tertiary/aromatic N) is 1. The first-order valence-electron chi connectivity index (χ1n) is 7.31. The number of benzene rings is 1. The summed E-state index contributed by atoms with van der Waals surface area (Å²) in [6.07, 6.45) is 0.0549. The Morgan fingerprint density at radius 3 is 2.81 bits per heavy atom. The highest BCUT2D eigenvalue weighted by Gasteiger charge is 2.28. The Hall–Kier alpha value is -1.59. The maximum absolute atomic E-state index is 12.2. The third kappa shape index (κ3) is 4.44. The van der Waals surface area contributed by atoms with Crippen molar-refractivity contribution >= 4 is 5.91 Å². The summed E-state index contributed by atoms with van der Waals surface area (Å²) in [4.78, 5) is 14.0. The van der Waals surface area contributed by atoms with Crippen LogP contribution in [0.1, 0.15) is 18.9 Å². The number of carbonyl (C=O) groups is 1. The van der Waals surface area contributed by atoms with Crippen molar-refractivity contribution in [3.8, 4) is 5.75 Å². The molecule has 1 fully saturated rings. The lowest BCUT2D eigenvalue weighted by atomic mass is 10.2. The standard InChI is InChI=1S/C16H23NO4/c1-12-3-5-14(6-4-12)20-8-7-16(19)17-9-15(10-18)21-11-13(17)2/h3-6,13,15,18H,7-11H2,1-2H3. The van der Waals surface area contributed by atoms with Gasteiger partial charge in [0.15, 0.2) is 0 Å². The maximum Gasteiger partial charge on any atom is 0.226 e. The molecule has 1 aromatic rings. The Morgan fingerprint density at radius 1 is 1.43 bits per heavy atom. The number of hydrogen-bond acceptors (Lipinski definition) is 4. The monoisotopic (exact) mass is 293 g/mol.